The number of carbonyl (C=O) groups is 1. The van der Waals surface area contributed by atoms with E-state index in [0.29, 0.717) is 19.3 Å². The highest BCUT2D eigenvalue weighted by Gasteiger charge is 2.25. The van der Waals surface area contributed by atoms with Crippen molar-refractivity contribution in [3.05, 3.63) is 24.0 Å². The van der Waals surface area contributed by atoms with Gasteiger partial charge in [-0.3, -0.25) is 4.79 Å². The fraction of sp³-hybridized carbons (Fsp3) is 0.556. The number of nitrogens with zero attached hydrogens (tertiary/aromatic N) is 2. The van der Waals surface area contributed by atoms with Crippen molar-refractivity contribution in [3.63, 3.8) is 0 Å². The maximum Gasteiger partial charge on any atom is 0.221 e. The van der Waals surface area contributed by atoms with Crippen LogP contribution in [0.2, 0.25) is 0 Å². The maximum atomic E-state index is 11.3. The van der Waals surface area contributed by atoms with Gasteiger partial charge in [0.15, 0.2) is 0 Å². The number of ether oxygens (including phenoxy) is 2. The van der Waals surface area contributed by atoms with Crippen molar-refractivity contribution in [1.82, 2.24) is 14.9 Å². The van der Waals surface area contributed by atoms with E-state index in [1.165, 1.54) is 6.92 Å². The molecule has 134 valence electrons. The zero-order valence-corrected chi connectivity index (χ0v) is 14.5. The maximum absolute atomic E-state index is 11.3. The zero-order valence-electron chi connectivity index (χ0n) is 14.5. The summed E-state index contributed by atoms with van der Waals surface area (Å²) in [5, 5.41) is 6.47. The minimum absolute atomic E-state index is 0.0785. The Labute approximate surface area is 146 Å². The molecule has 2 aliphatic heterocycles. The van der Waals surface area contributed by atoms with Crippen LogP contribution in [-0.4, -0.2) is 47.9 Å². The Morgan fingerprint density at radius 3 is 2.96 bits per heavy atom. The van der Waals surface area contributed by atoms with Crippen molar-refractivity contribution >= 4 is 22.6 Å². The van der Waals surface area contributed by atoms with E-state index in [1.54, 1.807) is 0 Å². The lowest BCUT2D eigenvalue weighted by Gasteiger charge is -2.30. The van der Waals surface area contributed by atoms with Gasteiger partial charge in [-0.1, -0.05) is 0 Å². The van der Waals surface area contributed by atoms with Gasteiger partial charge < -0.3 is 24.7 Å². The van der Waals surface area contributed by atoms with Crippen molar-refractivity contribution in [2.75, 3.05) is 31.7 Å². The normalized spacial score (nSPS) is 21.2. The Hall–Kier alpha value is -1.96. The van der Waals surface area contributed by atoms with Gasteiger partial charge in [-0.05, 0) is 31.0 Å². The van der Waals surface area contributed by atoms with Gasteiger partial charge in [-0.25, -0.2) is 4.98 Å². The third-order valence-electron chi connectivity index (χ3n) is 4.85. The van der Waals surface area contributed by atoms with Crippen LogP contribution >= 0.6 is 0 Å². The number of benzene rings is 1. The van der Waals surface area contributed by atoms with Gasteiger partial charge in [0.2, 0.25) is 5.91 Å². The number of carbonyl (C=O) groups excluding carboxylic acids is 1. The lowest BCUT2D eigenvalue weighted by molar-refractivity contribution is -0.114. The zero-order chi connectivity index (χ0) is 17.2. The molecule has 1 amide bonds. The van der Waals surface area contributed by atoms with Crippen molar-refractivity contribution < 1.29 is 14.3 Å². The minimum atomic E-state index is -0.0785. The molecule has 0 radical (unpaired) electrons. The smallest absolute Gasteiger partial charge is 0.221 e. The van der Waals surface area contributed by atoms with Crippen molar-refractivity contribution in [2.45, 2.75) is 38.5 Å². The Morgan fingerprint density at radius 1 is 1.32 bits per heavy atom. The van der Waals surface area contributed by atoms with E-state index in [4.69, 9.17) is 14.5 Å². The molecule has 0 bridgehead atoms. The Morgan fingerprint density at radius 2 is 2.16 bits per heavy atom. The first-order valence-electron chi connectivity index (χ1n) is 8.88. The minimum Gasteiger partial charge on any atom is -0.381 e. The van der Waals surface area contributed by atoms with Crippen LogP contribution in [-0.2, 0) is 20.9 Å². The standard InChI is InChI=1S/C18H24N4O3/c1-12(23)20-14-2-3-17-16(8-14)21-18-11-25-10-15(22(17)18)9-19-13-4-6-24-7-5-13/h2-3,8,13,15,19H,4-7,9-11H2,1H3,(H,20,23)/t15-/m0/s1. The molecular weight excluding hydrogens is 320 g/mol. The first kappa shape index (κ1) is 16.5. The van der Waals surface area contributed by atoms with Gasteiger partial charge in [-0.2, -0.15) is 0 Å². The van der Waals surface area contributed by atoms with Crippen LogP contribution in [0.5, 0.6) is 0 Å². The van der Waals surface area contributed by atoms with Crippen molar-refractivity contribution in [3.8, 4) is 0 Å². The molecule has 1 fully saturated rings. The number of anilines is 1. The molecule has 3 heterocycles. The quantitative estimate of drug-likeness (QED) is 0.885. The van der Waals surface area contributed by atoms with Crippen LogP contribution in [0.4, 0.5) is 5.69 Å². The van der Waals surface area contributed by atoms with Gasteiger partial charge >= 0.3 is 0 Å². The average Bonchev–Trinajstić information content (AvgIpc) is 2.98. The van der Waals surface area contributed by atoms with Crippen LogP contribution < -0.4 is 10.6 Å². The number of hydrogen-bond donors (Lipinski definition) is 2. The number of nitrogens with one attached hydrogen (secondary N) is 2. The van der Waals surface area contributed by atoms with Crippen LogP contribution in [0.3, 0.4) is 0 Å². The highest BCUT2D eigenvalue weighted by atomic mass is 16.5. The number of imidazole rings is 1. The molecule has 2 N–H and O–H groups in total. The van der Waals surface area contributed by atoms with Crippen molar-refractivity contribution in [1.29, 1.82) is 0 Å². The van der Waals surface area contributed by atoms with Crippen LogP contribution in [0.1, 0.15) is 31.6 Å². The molecule has 2 aliphatic rings. The van der Waals surface area contributed by atoms with E-state index in [0.717, 1.165) is 55.1 Å². The third-order valence-corrected chi connectivity index (χ3v) is 4.85. The van der Waals surface area contributed by atoms with E-state index in [2.05, 4.69) is 15.2 Å². The predicted molar refractivity (Wildman–Crippen MR) is 94.6 cm³/mol. The number of rotatable bonds is 4. The molecule has 1 atom stereocenters. The summed E-state index contributed by atoms with van der Waals surface area (Å²) in [6, 6.07) is 6.62. The van der Waals surface area contributed by atoms with Crippen LogP contribution in [0.15, 0.2) is 18.2 Å². The molecule has 0 saturated carbocycles. The fourth-order valence-corrected chi connectivity index (χ4v) is 3.65. The first-order chi connectivity index (χ1) is 12.2. The molecule has 1 aromatic carbocycles. The van der Waals surface area contributed by atoms with E-state index < -0.39 is 0 Å². The molecule has 1 aromatic heterocycles. The van der Waals surface area contributed by atoms with E-state index in [9.17, 15) is 4.79 Å². The summed E-state index contributed by atoms with van der Waals surface area (Å²) in [7, 11) is 0. The van der Waals surface area contributed by atoms with Gasteiger partial charge in [0, 0.05) is 38.4 Å². The second-order valence-electron chi connectivity index (χ2n) is 6.75. The molecule has 7 heteroatoms. The highest BCUT2D eigenvalue weighted by molar-refractivity contribution is 5.91. The second kappa shape index (κ2) is 7.11. The number of amides is 1. The monoisotopic (exact) mass is 344 g/mol. The number of aromatic nitrogens is 2. The lowest BCUT2D eigenvalue weighted by atomic mass is 10.1. The van der Waals surface area contributed by atoms with E-state index in [1.807, 2.05) is 18.2 Å². The molecule has 2 aromatic rings. The molecule has 1 saturated heterocycles. The summed E-state index contributed by atoms with van der Waals surface area (Å²) in [6.07, 6.45) is 2.12. The van der Waals surface area contributed by atoms with E-state index in [-0.39, 0.29) is 11.9 Å². The van der Waals surface area contributed by atoms with Crippen molar-refractivity contribution in [2.24, 2.45) is 0 Å². The second-order valence-corrected chi connectivity index (χ2v) is 6.75. The van der Waals surface area contributed by atoms with Gasteiger partial charge in [0.1, 0.15) is 12.4 Å². The third kappa shape index (κ3) is 3.53. The molecule has 0 unspecified atom stereocenters. The summed E-state index contributed by atoms with van der Waals surface area (Å²) < 4.78 is 13.5. The summed E-state index contributed by atoms with van der Waals surface area (Å²) in [4.78, 5) is 16.0. The molecule has 4 rings (SSSR count). The van der Waals surface area contributed by atoms with Gasteiger partial charge in [-0.15, -0.1) is 0 Å². The Bertz CT molecular complexity index is 767. The van der Waals surface area contributed by atoms with Crippen LogP contribution in [0.25, 0.3) is 11.0 Å². The van der Waals surface area contributed by atoms with E-state index >= 15 is 0 Å². The topological polar surface area (TPSA) is 77.4 Å². The lowest BCUT2D eigenvalue weighted by Crippen LogP contribution is -2.40. The number of hydrogen-bond acceptors (Lipinski definition) is 5. The summed E-state index contributed by atoms with van der Waals surface area (Å²) in [6.45, 7) is 5.25. The predicted octanol–water partition coefficient (Wildman–Crippen LogP) is 1.83. The largest absolute Gasteiger partial charge is 0.381 e. The molecule has 25 heavy (non-hydrogen) atoms. The highest BCUT2D eigenvalue weighted by Crippen LogP contribution is 2.27. The number of fused-ring (bicyclic) bond motifs is 3. The summed E-state index contributed by atoms with van der Waals surface area (Å²) >= 11 is 0. The SMILES string of the molecule is CC(=O)Nc1ccc2c(c1)nc1n2[C@@H](CNC2CCOCC2)COC1. The molecular formula is C18H24N4O3. The molecule has 0 aliphatic carbocycles. The molecule has 0 spiro atoms. The van der Waals surface area contributed by atoms with Gasteiger partial charge in [0.05, 0.1) is 23.7 Å². The van der Waals surface area contributed by atoms with Crippen LogP contribution in [0, 0.1) is 0 Å². The Balaban J connectivity index is 1.55. The van der Waals surface area contributed by atoms with Gasteiger partial charge in [0.25, 0.3) is 0 Å². The summed E-state index contributed by atoms with van der Waals surface area (Å²) in [5.74, 6) is 0.866. The summed E-state index contributed by atoms with van der Waals surface area (Å²) in [5.41, 5.74) is 2.75. The Kier molecular flexibility index (Phi) is 4.70. The first-order valence-corrected chi connectivity index (χ1v) is 8.88. The fourth-order valence-electron chi connectivity index (χ4n) is 3.65. The average molecular weight is 344 g/mol. The molecule has 7 nitrogen and oxygen atoms in total.